The fourth-order valence-electron chi connectivity index (χ4n) is 1.61. The molecule has 2 aromatic heterocycles. The predicted octanol–water partition coefficient (Wildman–Crippen LogP) is 2.70. The van der Waals surface area contributed by atoms with Gasteiger partial charge in [-0.25, -0.2) is 9.37 Å². The third-order valence-electron chi connectivity index (χ3n) is 2.24. The van der Waals surface area contributed by atoms with Crippen LogP contribution in [0.4, 0.5) is 4.39 Å². The zero-order chi connectivity index (χ0) is 10.8. The molecule has 0 amide bonds. The highest BCUT2D eigenvalue weighted by molar-refractivity contribution is 6.20. The van der Waals surface area contributed by atoms with Gasteiger partial charge in [0.05, 0.1) is 29.2 Å². The minimum absolute atomic E-state index is 0.232. The van der Waals surface area contributed by atoms with E-state index in [9.17, 15) is 4.39 Å². The third kappa shape index (κ3) is 1.81. The van der Waals surface area contributed by atoms with Gasteiger partial charge in [0, 0.05) is 6.20 Å². The Morgan fingerprint density at radius 2 is 2.40 bits per heavy atom. The Bertz CT molecular complexity index is 467. The van der Waals surface area contributed by atoms with E-state index >= 15 is 0 Å². The molecule has 2 aromatic rings. The summed E-state index contributed by atoms with van der Waals surface area (Å²) in [5.41, 5.74) is 1.64. The van der Waals surface area contributed by atoms with Gasteiger partial charge in [0.25, 0.3) is 0 Å². The van der Waals surface area contributed by atoms with E-state index in [1.54, 1.807) is 23.0 Å². The van der Waals surface area contributed by atoms with Crippen molar-refractivity contribution in [2.24, 2.45) is 0 Å². The molecule has 0 aromatic carbocycles. The minimum atomic E-state index is -0.434. The maximum absolute atomic E-state index is 12.4. The van der Waals surface area contributed by atoms with Crippen LogP contribution in [0.25, 0.3) is 11.0 Å². The number of pyridine rings is 1. The van der Waals surface area contributed by atoms with Gasteiger partial charge in [-0.05, 0) is 13.0 Å². The molecule has 0 aliphatic carbocycles. The van der Waals surface area contributed by atoms with E-state index in [-0.39, 0.29) is 11.9 Å². The van der Waals surface area contributed by atoms with Crippen molar-refractivity contribution < 1.29 is 4.39 Å². The lowest BCUT2D eigenvalue weighted by atomic mass is 10.4. The van der Waals surface area contributed by atoms with Gasteiger partial charge in [-0.3, -0.25) is 4.98 Å². The molecular formula is C10H11ClFN3. The summed E-state index contributed by atoms with van der Waals surface area (Å²) < 4.78 is 14.2. The highest BCUT2D eigenvalue weighted by Crippen LogP contribution is 2.23. The standard InChI is InChI=1S/C10H11ClFN3/c1-7(11)10-14-8-2-4-13-6-9(8)15(10)5-3-12/h2,4,6-7H,3,5H2,1H3. The highest BCUT2D eigenvalue weighted by Gasteiger charge is 2.14. The summed E-state index contributed by atoms with van der Waals surface area (Å²) in [7, 11) is 0. The largest absolute Gasteiger partial charge is 0.323 e. The van der Waals surface area contributed by atoms with Crippen molar-refractivity contribution in [3.05, 3.63) is 24.3 Å². The number of aromatic nitrogens is 3. The van der Waals surface area contributed by atoms with Crippen molar-refractivity contribution >= 4 is 22.6 Å². The molecule has 5 heteroatoms. The Morgan fingerprint density at radius 1 is 1.60 bits per heavy atom. The van der Waals surface area contributed by atoms with Gasteiger partial charge in [-0.1, -0.05) is 0 Å². The van der Waals surface area contributed by atoms with Crippen LogP contribution < -0.4 is 0 Å². The summed E-state index contributed by atoms with van der Waals surface area (Å²) in [6, 6.07) is 1.80. The van der Waals surface area contributed by atoms with E-state index in [2.05, 4.69) is 9.97 Å². The quantitative estimate of drug-likeness (QED) is 0.755. The van der Waals surface area contributed by atoms with E-state index in [0.717, 1.165) is 11.0 Å². The van der Waals surface area contributed by atoms with Crippen LogP contribution in [0.2, 0.25) is 0 Å². The topological polar surface area (TPSA) is 30.7 Å². The second-order valence-corrected chi connectivity index (χ2v) is 3.95. The molecule has 2 heterocycles. The van der Waals surface area contributed by atoms with Crippen LogP contribution in [0.3, 0.4) is 0 Å². The average molecular weight is 228 g/mol. The summed E-state index contributed by atoms with van der Waals surface area (Å²) >= 11 is 5.99. The Morgan fingerprint density at radius 3 is 3.07 bits per heavy atom. The van der Waals surface area contributed by atoms with Crippen LogP contribution >= 0.6 is 11.6 Å². The van der Waals surface area contributed by atoms with Crippen LogP contribution in [0.15, 0.2) is 18.5 Å². The number of alkyl halides is 2. The number of rotatable bonds is 3. The summed E-state index contributed by atoms with van der Waals surface area (Å²) in [6.45, 7) is 1.66. The smallest absolute Gasteiger partial charge is 0.127 e. The molecule has 1 atom stereocenters. The SMILES string of the molecule is CC(Cl)c1nc2ccncc2n1CCF. The van der Waals surface area contributed by atoms with Gasteiger partial charge >= 0.3 is 0 Å². The van der Waals surface area contributed by atoms with E-state index in [1.807, 2.05) is 6.92 Å². The summed E-state index contributed by atoms with van der Waals surface area (Å²) in [5, 5.41) is -0.232. The monoisotopic (exact) mass is 227 g/mol. The molecule has 80 valence electrons. The summed E-state index contributed by atoms with van der Waals surface area (Å²) in [5.74, 6) is 0.692. The molecule has 1 unspecified atom stereocenters. The third-order valence-corrected chi connectivity index (χ3v) is 2.44. The van der Waals surface area contributed by atoms with Gasteiger partial charge in [-0.15, -0.1) is 11.6 Å². The fraction of sp³-hybridized carbons (Fsp3) is 0.400. The second-order valence-electron chi connectivity index (χ2n) is 3.29. The van der Waals surface area contributed by atoms with Crippen LogP contribution in [0, 0.1) is 0 Å². The molecule has 0 aliphatic heterocycles. The number of hydrogen-bond donors (Lipinski definition) is 0. The number of hydrogen-bond acceptors (Lipinski definition) is 2. The lowest BCUT2D eigenvalue weighted by molar-refractivity contribution is 0.444. The molecule has 0 bridgehead atoms. The van der Waals surface area contributed by atoms with E-state index < -0.39 is 6.67 Å². The number of imidazole rings is 1. The first-order valence-corrected chi connectivity index (χ1v) is 5.18. The van der Waals surface area contributed by atoms with Gasteiger partial charge in [0.1, 0.15) is 12.5 Å². The van der Waals surface area contributed by atoms with E-state index in [4.69, 9.17) is 11.6 Å². The summed E-state index contributed by atoms with van der Waals surface area (Å²) in [6.07, 6.45) is 3.35. The average Bonchev–Trinajstić information content (AvgIpc) is 2.58. The van der Waals surface area contributed by atoms with Crippen LogP contribution in [-0.2, 0) is 6.54 Å². The fourth-order valence-corrected chi connectivity index (χ4v) is 1.78. The van der Waals surface area contributed by atoms with Gasteiger partial charge in [0.15, 0.2) is 0 Å². The molecular weight excluding hydrogens is 217 g/mol. The highest BCUT2D eigenvalue weighted by atomic mass is 35.5. The number of halogens is 2. The van der Waals surface area contributed by atoms with Crippen molar-refractivity contribution in [3.63, 3.8) is 0 Å². The van der Waals surface area contributed by atoms with Crippen molar-refractivity contribution in [3.8, 4) is 0 Å². The number of nitrogens with zero attached hydrogens (tertiary/aromatic N) is 3. The van der Waals surface area contributed by atoms with Gasteiger partial charge in [0.2, 0.25) is 0 Å². The molecule has 0 radical (unpaired) electrons. The molecule has 0 saturated heterocycles. The molecule has 0 spiro atoms. The first-order valence-electron chi connectivity index (χ1n) is 4.74. The second kappa shape index (κ2) is 4.14. The van der Waals surface area contributed by atoms with Crippen molar-refractivity contribution in [2.45, 2.75) is 18.8 Å². The van der Waals surface area contributed by atoms with Crippen LogP contribution in [0.5, 0.6) is 0 Å². The Labute approximate surface area is 91.9 Å². The van der Waals surface area contributed by atoms with Crippen molar-refractivity contribution in [1.82, 2.24) is 14.5 Å². The Kier molecular flexibility index (Phi) is 2.86. The molecule has 0 fully saturated rings. The maximum Gasteiger partial charge on any atom is 0.127 e. The molecule has 3 nitrogen and oxygen atoms in total. The van der Waals surface area contributed by atoms with E-state index in [0.29, 0.717) is 5.82 Å². The normalized spacial score (nSPS) is 13.3. The first kappa shape index (κ1) is 10.4. The molecule has 15 heavy (non-hydrogen) atoms. The van der Waals surface area contributed by atoms with Crippen molar-refractivity contribution in [2.75, 3.05) is 6.67 Å². The lowest BCUT2D eigenvalue weighted by Crippen LogP contribution is -2.05. The summed E-state index contributed by atoms with van der Waals surface area (Å²) in [4.78, 5) is 8.36. The lowest BCUT2D eigenvalue weighted by Gasteiger charge is -2.07. The van der Waals surface area contributed by atoms with Crippen LogP contribution in [0.1, 0.15) is 18.1 Å². The number of fused-ring (bicyclic) bond motifs is 1. The first-order chi connectivity index (χ1) is 7.24. The zero-order valence-electron chi connectivity index (χ0n) is 8.32. The zero-order valence-corrected chi connectivity index (χ0v) is 9.08. The van der Waals surface area contributed by atoms with Gasteiger partial charge in [-0.2, -0.15) is 0 Å². The maximum atomic E-state index is 12.4. The minimum Gasteiger partial charge on any atom is -0.323 e. The Balaban J connectivity index is 2.63. The van der Waals surface area contributed by atoms with Crippen LogP contribution in [-0.4, -0.2) is 21.2 Å². The molecule has 0 N–H and O–H groups in total. The molecule has 0 aliphatic rings. The van der Waals surface area contributed by atoms with Crippen molar-refractivity contribution in [1.29, 1.82) is 0 Å². The van der Waals surface area contributed by atoms with Gasteiger partial charge < -0.3 is 4.57 Å². The number of aryl methyl sites for hydroxylation is 1. The molecule has 2 rings (SSSR count). The molecule has 0 saturated carbocycles. The van der Waals surface area contributed by atoms with E-state index in [1.165, 1.54) is 0 Å². The Hall–Kier alpha value is -1.16. The predicted molar refractivity (Wildman–Crippen MR) is 57.8 cm³/mol.